The summed E-state index contributed by atoms with van der Waals surface area (Å²) in [4.78, 5) is 14.3. The molecular formula is C18H19ClN2OS. The molecule has 1 N–H and O–H groups in total. The Morgan fingerprint density at radius 3 is 2.74 bits per heavy atom. The maximum Gasteiger partial charge on any atom is 0.321 e. The van der Waals surface area contributed by atoms with Crippen molar-refractivity contribution in [3.05, 3.63) is 65.2 Å². The molecule has 3 rings (SSSR count). The molecule has 1 heterocycles. The van der Waals surface area contributed by atoms with Crippen LogP contribution in [0.2, 0.25) is 5.02 Å². The highest BCUT2D eigenvalue weighted by Crippen LogP contribution is 2.34. The number of nitrogens with one attached hydrogen (secondary N) is 1. The Bertz CT molecular complexity index is 665. The van der Waals surface area contributed by atoms with E-state index in [1.807, 2.05) is 34.9 Å². The molecule has 23 heavy (non-hydrogen) atoms. The molecular weight excluding hydrogens is 328 g/mol. The molecule has 0 spiro atoms. The summed E-state index contributed by atoms with van der Waals surface area (Å²) < 4.78 is 0. The predicted molar refractivity (Wildman–Crippen MR) is 98.3 cm³/mol. The average molecular weight is 347 g/mol. The smallest absolute Gasteiger partial charge is 0.321 e. The fourth-order valence-electron chi connectivity index (χ4n) is 2.68. The Morgan fingerprint density at radius 1 is 1.13 bits per heavy atom. The molecule has 1 unspecified atom stereocenters. The van der Waals surface area contributed by atoms with Crippen LogP contribution in [0.5, 0.6) is 0 Å². The average Bonchev–Trinajstić information content (AvgIpc) is 2.82. The van der Waals surface area contributed by atoms with Crippen molar-refractivity contribution < 1.29 is 4.79 Å². The summed E-state index contributed by atoms with van der Waals surface area (Å²) in [6.45, 7) is 1.53. The normalized spacial score (nSPS) is 18.3. The Labute approximate surface area is 146 Å². The van der Waals surface area contributed by atoms with Crippen molar-refractivity contribution in [2.75, 3.05) is 24.2 Å². The lowest BCUT2D eigenvalue weighted by Crippen LogP contribution is -2.36. The van der Waals surface area contributed by atoms with Crippen molar-refractivity contribution in [3.8, 4) is 0 Å². The molecule has 0 saturated carbocycles. The van der Waals surface area contributed by atoms with Crippen molar-refractivity contribution in [3.63, 3.8) is 0 Å². The Morgan fingerprint density at radius 2 is 1.96 bits per heavy atom. The molecule has 0 radical (unpaired) electrons. The van der Waals surface area contributed by atoms with E-state index in [4.69, 9.17) is 11.6 Å². The summed E-state index contributed by atoms with van der Waals surface area (Å²) in [5.74, 6) is 0.947. The first-order valence-corrected chi connectivity index (χ1v) is 9.13. The highest BCUT2D eigenvalue weighted by Gasteiger charge is 2.22. The van der Waals surface area contributed by atoms with E-state index in [-0.39, 0.29) is 6.03 Å². The van der Waals surface area contributed by atoms with Gasteiger partial charge in [0, 0.05) is 34.8 Å². The molecule has 2 amide bonds. The second-order valence-electron chi connectivity index (χ2n) is 5.49. The minimum Gasteiger partial charge on any atom is -0.324 e. The zero-order valence-corrected chi connectivity index (χ0v) is 14.3. The lowest BCUT2D eigenvalue weighted by molar-refractivity contribution is 0.215. The van der Waals surface area contributed by atoms with Crippen molar-refractivity contribution in [2.45, 2.75) is 11.7 Å². The minimum absolute atomic E-state index is 0.0541. The molecule has 0 aromatic heterocycles. The highest BCUT2D eigenvalue weighted by atomic mass is 35.5. The molecule has 5 heteroatoms. The topological polar surface area (TPSA) is 32.3 Å². The van der Waals surface area contributed by atoms with E-state index >= 15 is 0 Å². The molecule has 1 aliphatic rings. The third-order valence-electron chi connectivity index (χ3n) is 3.88. The lowest BCUT2D eigenvalue weighted by atomic mass is 10.1. The van der Waals surface area contributed by atoms with Gasteiger partial charge in [0.2, 0.25) is 0 Å². The Balaban J connectivity index is 1.60. The second kappa shape index (κ2) is 7.75. The third kappa shape index (κ3) is 4.43. The number of thioether (sulfide) groups is 1. The largest absolute Gasteiger partial charge is 0.324 e. The van der Waals surface area contributed by atoms with E-state index in [9.17, 15) is 4.79 Å². The van der Waals surface area contributed by atoms with Crippen molar-refractivity contribution in [1.29, 1.82) is 0 Å². The quantitative estimate of drug-likeness (QED) is 0.825. The number of rotatable bonds is 2. The minimum atomic E-state index is -0.0541. The number of amides is 2. The van der Waals surface area contributed by atoms with Gasteiger partial charge in [-0.1, -0.05) is 48.0 Å². The van der Waals surface area contributed by atoms with E-state index in [0.717, 1.165) is 31.0 Å². The van der Waals surface area contributed by atoms with Gasteiger partial charge in [0.25, 0.3) is 0 Å². The first-order valence-electron chi connectivity index (χ1n) is 7.70. The number of halogens is 1. The fraction of sp³-hybridized carbons (Fsp3) is 0.278. The number of urea groups is 1. The molecule has 2 aromatic rings. The standard InChI is InChI=1S/C18H19ClN2OS/c19-15-7-4-8-16(13-15)20-18(22)21-10-9-17(23-12-11-21)14-5-2-1-3-6-14/h1-8,13,17H,9-12H2,(H,20,22). The van der Waals surface area contributed by atoms with Gasteiger partial charge in [-0.3, -0.25) is 0 Å². The van der Waals surface area contributed by atoms with Gasteiger partial charge in [0.15, 0.2) is 0 Å². The van der Waals surface area contributed by atoms with Crippen LogP contribution in [0, 0.1) is 0 Å². The monoisotopic (exact) mass is 346 g/mol. The van der Waals surface area contributed by atoms with Gasteiger partial charge < -0.3 is 10.2 Å². The SMILES string of the molecule is O=C(Nc1cccc(Cl)c1)N1CCSC(c2ccccc2)CC1. The van der Waals surface area contributed by atoms with Gasteiger partial charge in [0.05, 0.1) is 0 Å². The van der Waals surface area contributed by atoms with E-state index < -0.39 is 0 Å². The maximum atomic E-state index is 12.4. The summed E-state index contributed by atoms with van der Waals surface area (Å²) in [6, 6.07) is 17.7. The van der Waals surface area contributed by atoms with Crippen LogP contribution in [0.25, 0.3) is 0 Å². The fourth-order valence-corrected chi connectivity index (χ4v) is 4.10. The highest BCUT2D eigenvalue weighted by molar-refractivity contribution is 7.99. The van der Waals surface area contributed by atoms with Crippen LogP contribution in [0.15, 0.2) is 54.6 Å². The van der Waals surface area contributed by atoms with E-state index in [2.05, 4.69) is 29.6 Å². The Kier molecular flexibility index (Phi) is 5.47. The van der Waals surface area contributed by atoms with Crippen LogP contribution >= 0.6 is 23.4 Å². The number of benzene rings is 2. The van der Waals surface area contributed by atoms with Gasteiger partial charge in [-0.2, -0.15) is 11.8 Å². The van der Waals surface area contributed by atoms with Crippen LogP contribution in [-0.4, -0.2) is 29.8 Å². The van der Waals surface area contributed by atoms with Crippen LogP contribution < -0.4 is 5.32 Å². The van der Waals surface area contributed by atoms with Gasteiger partial charge in [0.1, 0.15) is 0 Å². The molecule has 0 bridgehead atoms. The van der Waals surface area contributed by atoms with Crippen LogP contribution in [-0.2, 0) is 0 Å². The van der Waals surface area contributed by atoms with E-state index in [0.29, 0.717) is 10.3 Å². The van der Waals surface area contributed by atoms with Crippen LogP contribution in [0.4, 0.5) is 10.5 Å². The third-order valence-corrected chi connectivity index (χ3v) is 5.44. The maximum absolute atomic E-state index is 12.4. The molecule has 1 atom stereocenters. The van der Waals surface area contributed by atoms with Gasteiger partial charge in [-0.05, 0) is 30.2 Å². The van der Waals surface area contributed by atoms with Crippen LogP contribution in [0.3, 0.4) is 0 Å². The molecule has 3 nitrogen and oxygen atoms in total. The molecule has 1 saturated heterocycles. The summed E-state index contributed by atoms with van der Waals surface area (Å²) in [5, 5.41) is 4.01. The predicted octanol–water partition coefficient (Wildman–Crippen LogP) is 5.05. The van der Waals surface area contributed by atoms with E-state index in [1.54, 1.807) is 12.1 Å². The number of anilines is 1. The summed E-state index contributed by atoms with van der Waals surface area (Å²) in [7, 11) is 0. The van der Waals surface area contributed by atoms with Crippen molar-refractivity contribution in [2.24, 2.45) is 0 Å². The number of hydrogen-bond acceptors (Lipinski definition) is 2. The van der Waals surface area contributed by atoms with Gasteiger partial charge in [-0.25, -0.2) is 4.79 Å². The summed E-state index contributed by atoms with van der Waals surface area (Å²) in [5.41, 5.74) is 2.08. The lowest BCUT2D eigenvalue weighted by Gasteiger charge is -2.21. The molecule has 1 aliphatic heterocycles. The first kappa shape index (κ1) is 16.2. The van der Waals surface area contributed by atoms with E-state index in [1.165, 1.54) is 5.56 Å². The first-order chi connectivity index (χ1) is 11.2. The molecule has 120 valence electrons. The van der Waals surface area contributed by atoms with Gasteiger partial charge in [-0.15, -0.1) is 0 Å². The molecule has 2 aromatic carbocycles. The van der Waals surface area contributed by atoms with Gasteiger partial charge >= 0.3 is 6.03 Å². The number of nitrogens with zero attached hydrogens (tertiary/aromatic N) is 1. The molecule has 1 fully saturated rings. The van der Waals surface area contributed by atoms with Crippen molar-refractivity contribution >= 4 is 35.1 Å². The number of carbonyl (C=O) groups is 1. The second-order valence-corrected chi connectivity index (χ2v) is 7.23. The van der Waals surface area contributed by atoms with Crippen molar-refractivity contribution in [1.82, 2.24) is 4.90 Å². The number of carbonyl (C=O) groups excluding carboxylic acids is 1. The zero-order chi connectivity index (χ0) is 16.1. The number of hydrogen-bond donors (Lipinski definition) is 1. The summed E-state index contributed by atoms with van der Waals surface area (Å²) in [6.07, 6.45) is 0.970. The van der Waals surface area contributed by atoms with Crippen LogP contribution in [0.1, 0.15) is 17.2 Å². The Hall–Kier alpha value is -1.65. The molecule has 0 aliphatic carbocycles. The summed E-state index contributed by atoms with van der Waals surface area (Å²) >= 11 is 7.88. The zero-order valence-electron chi connectivity index (χ0n) is 12.7.